The van der Waals surface area contributed by atoms with Crippen molar-refractivity contribution in [2.75, 3.05) is 0 Å². The van der Waals surface area contributed by atoms with Gasteiger partial charge in [0.1, 0.15) is 5.82 Å². The molecule has 0 nitrogen and oxygen atoms in total. The fourth-order valence-corrected chi connectivity index (χ4v) is 6.61. The summed E-state index contributed by atoms with van der Waals surface area (Å²) in [5.41, 5.74) is 1.89. The molecular formula is C35H37F5. The highest BCUT2D eigenvalue weighted by Gasteiger charge is 2.31. The van der Waals surface area contributed by atoms with E-state index in [9.17, 15) is 8.78 Å². The smallest absolute Gasteiger partial charge is 0.167 e. The van der Waals surface area contributed by atoms with Gasteiger partial charge in [-0.1, -0.05) is 76.3 Å². The Morgan fingerprint density at radius 2 is 1.38 bits per heavy atom. The molecule has 0 aromatic heterocycles. The van der Waals surface area contributed by atoms with Crippen molar-refractivity contribution < 1.29 is 22.0 Å². The van der Waals surface area contributed by atoms with E-state index in [-0.39, 0.29) is 34.2 Å². The molecule has 0 radical (unpaired) electrons. The SMILES string of the molecule is CCCCCC1CCC(c2ccc(C=Cc3cc4c(c(F)c3F)-c3c(cc(CCC)c(F)c3F)C4)c(F)c2)CC1. The second-order valence-corrected chi connectivity index (χ2v) is 11.6. The van der Waals surface area contributed by atoms with Crippen LogP contribution in [0.5, 0.6) is 0 Å². The Kier molecular flexibility index (Phi) is 8.77. The molecule has 0 unspecified atom stereocenters. The summed E-state index contributed by atoms with van der Waals surface area (Å²) in [6.45, 7) is 4.09. The molecule has 0 N–H and O–H groups in total. The van der Waals surface area contributed by atoms with E-state index in [0.29, 0.717) is 29.9 Å². The van der Waals surface area contributed by atoms with Crippen LogP contribution in [0.1, 0.15) is 111 Å². The van der Waals surface area contributed by atoms with E-state index in [1.165, 1.54) is 56.7 Å². The number of fused-ring (bicyclic) bond motifs is 3. The first kappa shape index (κ1) is 28.6. The van der Waals surface area contributed by atoms with Crippen LogP contribution in [0.15, 0.2) is 30.3 Å². The highest BCUT2D eigenvalue weighted by atomic mass is 19.2. The standard InChI is InChI=1S/C35H37F5/c1-3-5-6-8-21-9-11-22(12-10-21)24-15-13-23(29(36)20-24)14-16-26-18-28-19-27-17-25(7-4-2)32(37)34(39)30(27)31(28)35(40)33(26)38/h13-18,20-22H,3-12,19H2,1-2H3. The third-order valence-electron chi connectivity index (χ3n) is 8.83. The summed E-state index contributed by atoms with van der Waals surface area (Å²) in [4.78, 5) is 0. The fourth-order valence-electron chi connectivity index (χ4n) is 6.61. The molecule has 0 aliphatic heterocycles. The van der Waals surface area contributed by atoms with Gasteiger partial charge in [-0.3, -0.25) is 0 Å². The lowest BCUT2D eigenvalue weighted by atomic mass is 9.77. The molecule has 40 heavy (non-hydrogen) atoms. The summed E-state index contributed by atoms with van der Waals surface area (Å²) in [6.07, 6.45) is 13.6. The topological polar surface area (TPSA) is 0 Å². The first-order valence-corrected chi connectivity index (χ1v) is 14.8. The third kappa shape index (κ3) is 5.62. The van der Waals surface area contributed by atoms with Crippen molar-refractivity contribution >= 4 is 12.2 Å². The van der Waals surface area contributed by atoms with Crippen molar-refractivity contribution in [3.05, 3.63) is 92.8 Å². The van der Waals surface area contributed by atoms with Crippen LogP contribution in [0, 0.1) is 35.0 Å². The van der Waals surface area contributed by atoms with E-state index in [4.69, 9.17) is 0 Å². The first-order valence-electron chi connectivity index (χ1n) is 14.8. The molecule has 5 heteroatoms. The van der Waals surface area contributed by atoms with Crippen molar-refractivity contribution in [1.29, 1.82) is 0 Å². The molecule has 5 rings (SSSR count). The van der Waals surface area contributed by atoms with Crippen LogP contribution in [-0.2, 0) is 12.8 Å². The van der Waals surface area contributed by atoms with Gasteiger partial charge in [-0.15, -0.1) is 0 Å². The Hall–Kier alpha value is -2.95. The Balaban J connectivity index is 1.33. The lowest BCUT2D eigenvalue weighted by molar-refractivity contribution is 0.302. The highest BCUT2D eigenvalue weighted by Crippen LogP contribution is 2.44. The second-order valence-electron chi connectivity index (χ2n) is 11.6. The molecule has 1 fully saturated rings. The van der Waals surface area contributed by atoms with Gasteiger partial charge in [0.25, 0.3) is 0 Å². The number of benzene rings is 3. The maximum absolute atomic E-state index is 15.2. The van der Waals surface area contributed by atoms with Gasteiger partial charge in [0.05, 0.1) is 0 Å². The zero-order valence-electron chi connectivity index (χ0n) is 23.4. The van der Waals surface area contributed by atoms with Crippen molar-refractivity contribution in [2.45, 2.75) is 90.4 Å². The van der Waals surface area contributed by atoms with Gasteiger partial charge in [0.15, 0.2) is 23.3 Å². The van der Waals surface area contributed by atoms with Crippen LogP contribution in [0.2, 0.25) is 0 Å². The van der Waals surface area contributed by atoms with Crippen LogP contribution < -0.4 is 0 Å². The van der Waals surface area contributed by atoms with Gasteiger partial charge in [0, 0.05) is 22.3 Å². The minimum atomic E-state index is -1.21. The zero-order valence-corrected chi connectivity index (χ0v) is 23.4. The Morgan fingerprint density at radius 1 is 0.700 bits per heavy atom. The predicted molar refractivity (Wildman–Crippen MR) is 153 cm³/mol. The minimum Gasteiger partial charge on any atom is -0.206 e. The summed E-state index contributed by atoms with van der Waals surface area (Å²) in [5, 5.41) is 0. The Bertz CT molecular complexity index is 1410. The van der Waals surface area contributed by atoms with Crippen molar-refractivity contribution in [1.82, 2.24) is 0 Å². The minimum absolute atomic E-state index is 0.0522. The largest absolute Gasteiger partial charge is 0.206 e. The van der Waals surface area contributed by atoms with Crippen LogP contribution in [0.4, 0.5) is 22.0 Å². The maximum Gasteiger partial charge on any atom is 0.167 e. The van der Waals surface area contributed by atoms with E-state index in [0.717, 1.165) is 24.3 Å². The molecule has 212 valence electrons. The van der Waals surface area contributed by atoms with Gasteiger partial charge < -0.3 is 0 Å². The number of halogens is 5. The lowest BCUT2D eigenvalue weighted by Gasteiger charge is -2.29. The van der Waals surface area contributed by atoms with Crippen LogP contribution >= 0.6 is 0 Å². The van der Waals surface area contributed by atoms with Crippen molar-refractivity contribution in [3.8, 4) is 11.1 Å². The quantitative estimate of drug-likeness (QED) is 0.110. The van der Waals surface area contributed by atoms with Gasteiger partial charge in [-0.25, -0.2) is 22.0 Å². The van der Waals surface area contributed by atoms with Crippen LogP contribution in [0.3, 0.4) is 0 Å². The molecular weight excluding hydrogens is 515 g/mol. The van der Waals surface area contributed by atoms with E-state index in [2.05, 4.69) is 6.92 Å². The van der Waals surface area contributed by atoms with Gasteiger partial charge in [-0.05, 0) is 84.7 Å². The highest BCUT2D eigenvalue weighted by molar-refractivity contribution is 5.81. The molecule has 0 atom stereocenters. The second kappa shape index (κ2) is 12.3. The van der Waals surface area contributed by atoms with Gasteiger partial charge in [-0.2, -0.15) is 0 Å². The number of unbranched alkanes of at least 4 members (excludes halogenated alkanes) is 2. The van der Waals surface area contributed by atoms with Crippen molar-refractivity contribution in [2.24, 2.45) is 5.92 Å². The summed E-state index contributed by atoms with van der Waals surface area (Å²) in [6, 6.07) is 8.21. The summed E-state index contributed by atoms with van der Waals surface area (Å²) in [7, 11) is 0. The van der Waals surface area contributed by atoms with Gasteiger partial charge in [0.2, 0.25) is 0 Å². The summed E-state index contributed by atoms with van der Waals surface area (Å²) in [5.74, 6) is -3.77. The molecule has 2 aliphatic carbocycles. The first-order chi connectivity index (χ1) is 19.3. The molecule has 1 saturated carbocycles. The molecule has 0 bridgehead atoms. The Labute approximate surface area is 234 Å². The fraction of sp³-hybridized carbons (Fsp3) is 0.429. The molecule has 3 aromatic carbocycles. The van der Waals surface area contributed by atoms with Gasteiger partial charge >= 0.3 is 0 Å². The maximum atomic E-state index is 15.2. The number of rotatable bonds is 9. The monoisotopic (exact) mass is 552 g/mol. The van der Waals surface area contributed by atoms with Crippen LogP contribution in [0.25, 0.3) is 23.3 Å². The summed E-state index contributed by atoms with van der Waals surface area (Å²) < 4.78 is 74.9. The molecule has 2 aliphatic rings. The van der Waals surface area contributed by atoms with Crippen LogP contribution in [-0.4, -0.2) is 0 Å². The Morgan fingerprint density at radius 3 is 2.05 bits per heavy atom. The predicted octanol–water partition coefficient (Wildman–Crippen LogP) is 10.9. The average Bonchev–Trinajstić information content (AvgIpc) is 3.32. The number of aryl methyl sites for hydroxylation is 1. The molecule has 0 spiro atoms. The lowest BCUT2D eigenvalue weighted by Crippen LogP contribution is -2.13. The normalized spacial score (nSPS) is 18.4. The molecule has 0 saturated heterocycles. The van der Waals surface area contributed by atoms with E-state index >= 15 is 13.2 Å². The number of hydrogen-bond donors (Lipinski definition) is 0. The van der Waals surface area contributed by atoms with Crippen molar-refractivity contribution in [3.63, 3.8) is 0 Å². The van der Waals surface area contributed by atoms with E-state index in [1.54, 1.807) is 18.2 Å². The summed E-state index contributed by atoms with van der Waals surface area (Å²) >= 11 is 0. The zero-order chi connectivity index (χ0) is 28.4. The molecule has 0 heterocycles. The van der Waals surface area contributed by atoms with E-state index < -0.39 is 29.1 Å². The average molecular weight is 553 g/mol. The van der Waals surface area contributed by atoms with E-state index in [1.807, 2.05) is 13.0 Å². The number of hydrogen-bond acceptors (Lipinski definition) is 0. The molecule has 0 amide bonds. The molecule has 3 aromatic rings. The third-order valence-corrected chi connectivity index (χ3v) is 8.83.